The number of hydrogen-bond donors (Lipinski definition) is 2. The van der Waals surface area contributed by atoms with Gasteiger partial charge in [0.05, 0.1) is 5.69 Å². The number of anilines is 2. The van der Waals surface area contributed by atoms with Crippen molar-refractivity contribution < 1.29 is 9.59 Å². The van der Waals surface area contributed by atoms with Crippen LogP contribution < -0.4 is 10.6 Å². The molecule has 1 aromatic heterocycles. The lowest BCUT2D eigenvalue weighted by molar-refractivity contribution is -0.116. The van der Waals surface area contributed by atoms with Gasteiger partial charge < -0.3 is 5.32 Å². The van der Waals surface area contributed by atoms with Crippen molar-refractivity contribution in [2.24, 2.45) is 0 Å². The molecule has 4 rings (SSSR count). The third-order valence-electron chi connectivity index (χ3n) is 4.74. The summed E-state index contributed by atoms with van der Waals surface area (Å²) in [5, 5.41) is 6.42. The van der Waals surface area contributed by atoms with Crippen LogP contribution in [0.4, 0.5) is 10.8 Å². The Labute approximate surface area is 150 Å². The van der Waals surface area contributed by atoms with E-state index in [1.165, 1.54) is 4.88 Å². The van der Waals surface area contributed by atoms with Gasteiger partial charge in [0, 0.05) is 42.1 Å². The number of fused-ring (bicyclic) bond motifs is 2. The lowest BCUT2D eigenvalue weighted by Gasteiger charge is -2.23. The van der Waals surface area contributed by atoms with Crippen molar-refractivity contribution in [3.63, 3.8) is 0 Å². The highest BCUT2D eigenvalue weighted by Gasteiger charge is 2.21. The summed E-state index contributed by atoms with van der Waals surface area (Å²) in [5.41, 5.74) is 3.51. The minimum atomic E-state index is -0.154. The normalized spacial score (nSPS) is 16.8. The molecule has 0 spiro atoms. The van der Waals surface area contributed by atoms with Crippen LogP contribution in [0, 0.1) is 0 Å². The molecule has 2 aromatic rings. The van der Waals surface area contributed by atoms with Gasteiger partial charge in [-0.2, -0.15) is 0 Å². The second-order valence-corrected chi connectivity index (χ2v) is 7.47. The first-order chi connectivity index (χ1) is 12.1. The van der Waals surface area contributed by atoms with E-state index in [1.54, 1.807) is 23.5 Å². The Hall–Kier alpha value is -2.25. The minimum Gasteiger partial charge on any atom is -0.326 e. The molecule has 0 unspecified atom stereocenters. The molecule has 0 aliphatic carbocycles. The van der Waals surface area contributed by atoms with Crippen molar-refractivity contribution in [2.45, 2.75) is 32.7 Å². The SMILES string of the molecule is CCN1CCc2nc(NC(=O)c3ccc4c(c3)CCC(=O)N4)sc2C1. The number of aromatic nitrogens is 1. The number of aryl methyl sites for hydroxylation is 1. The van der Waals surface area contributed by atoms with Crippen LogP contribution in [0.1, 0.15) is 39.8 Å². The van der Waals surface area contributed by atoms with Gasteiger partial charge in [-0.3, -0.25) is 19.8 Å². The summed E-state index contributed by atoms with van der Waals surface area (Å²) in [6.07, 6.45) is 2.07. The van der Waals surface area contributed by atoms with Gasteiger partial charge in [-0.1, -0.05) is 6.92 Å². The molecule has 2 aliphatic rings. The summed E-state index contributed by atoms with van der Waals surface area (Å²) in [6.45, 7) is 5.13. The van der Waals surface area contributed by atoms with Crippen LogP contribution in [0.2, 0.25) is 0 Å². The number of thiazole rings is 1. The first-order valence-electron chi connectivity index (χ1n) is 8.57. The summed E-state index contributed by atoms with van der Waals surface area (Å²) in [6, 6.07) is 5.40. The van der Waals surface area contributed by atoms with Crippen LogP contribution in [-0.2, 0) is 24.2 Å². The number of amides is 2. The van der Waals surface area contributed by atoms with Crippen LogP contribution >= 0.6 is 11.3 Å². The van der Waals surface area contributed by atoms with Crippen LogP contribution in [0.3, 0.4) is 0 Å². The molecule has 2 aliphatic heterocycles. The van der Waals surface area contributed by atoms with E-state index >= 15 is 0 Å². The molecule has 6 nitrogen and oxygen atoms in total. The number of nitrogens with zero attached hydrogens (tertiary/aromatic N) is 2. The van der Waals surface area contributed by atoms with E-state index in [0.717, 1.165) is 43.0 Å². The van der Waals surface area contributed by atoms with Gasteiger partial charge in [0.1, 0.15) is 0 Å². The van der Waals surface area contributed by atoms with E-state index in [0.29, 0.717) is 23.5 Å². The van der Waals surface area contributed by atoms with Crippen LogP contribution in [0.15, 0.2) is 18.2 Å². The fraction of sp³-hybridized carbons (Fsp3) is 0.389. The van der Waals surface area contributed by atoms with Gasteiger partial charge in [0.2, 0.25) is 5.91 Å². The van der Waals surface area contributed by atoms with Crippen LogP contribution in [-0.4, -0.2) is 34.8 Å². The average molecular weight is 356 g/mol. The molecule has 0 saturated heterocycles. The van der Waals surface area contributed by atoms with Crippen LogP contribution in [0.25, 0.3) is 0 Å². The van der Waals surface area contributed by atoms with Crippen molar-refractivity contribution in [1.29, 1.82) is 0 Å². The van der Waals surface area contributed by atoms with E-state index in [4.69, 9.17) is 0 Å². The predicted molar refractivity (Wildman–Crippen MR) is 98.1 cm³/mol. The van der Waals surface area contributed by atoms with Crippen molar-refractivity contribution in [2.75, 3.05) is 23.7 Å². The molecular formula is C18H20N4O2S. The molecule has 0 bridgehead atoms. The number of rotatable bonds is 3. The monoisotopic (exact) mass is 356 g/mol. The maximum Gasteiger partial charge on any atom is 0.257 e. The largest absolute Gasteiger partial charge is 0.326 e. The Kier molecular flexibility index (Phi) is 4.27. The van der Waals surface area contributed by atoms with Crippen molar-refractivity contribution in [3.8, 4) is 0 Å². The standard InChI is InChI=1S/C18H20N4O2S/c1-2-22-8-7-14-15(10-22)25-18(20-14)21-17(24)12-3-5-13-11(9-12)4-6-16(23)19-13/h3,5,9H,2,4,6-8,10H2,1H3,(H,19,23)(H,20,21,24). The van der Waals surface area contributed by atoms with Crippen molar-refractivity contribution in [3.05, 3.63) is 39.9 Å². The number of benzene rings is 1. The van der Waals surface area contributed by atoms with Crippen molar-refractivity contribution in [1.82, 2.24) is 9.88 Å². The highest BCUT2D eigenvalue weighted by molar-refractivity contribution is 7.15. The van der Waals surface area contributed by atoms with Gasteiger partial charge in [-0.05, 0) is 36.7 Å². The lowest BCUT2D eigenvalue weighted by atomic mass is 10.0. The third-order valence-corrected chi connectivity index (χ3v) is 5.74. The van der Waals surface area contributed by atoms with E-state index in [1.807, 2.05) is 6.07 Å². The fourth-order valence-corrected chi connectivity index (χ4v) is 4.31. The molecule has 0 radical (unpaired) electrons. The number of carbonyl (C=O) groups excluding carboxylic acids is 2. The second kappa shape index (κ2) is 6.57. The fourth-order valence-electron chi connectivity index (χ4n) is 3.27. The summed E-state index contributed by atoms with van der Waals surface area (Å²) in [7, 11) is 0. The quantitative estimate of drug-likeness (QED) is 0.887. The lowest BCUT2D eigenvalue weighted by Crippen LogP contribution is -2.29. The Morgan fingerprint density at radius 1 is 1.36 bits per heavy atom. The van der Waals surface area contributed by atoms with Gasteiger partial charge in [-0.15, -0.1) is 11.3 Å². The molecule has 7 heteroatoms. The minimum absolute atomic E-state index is 0.0270. The maximum atomic E-state index is 12.6. The van der Waals surface area contributed by atoms with Gasteiger partial charge in [0.25, 0.3) is 5.91 Å². The zero-order valence-corrected chi connectivity index (χ0v) is 14.9. The molecule has 0 atom stereocenters. The summed E-state index contributed by atoms with van der Waals surface area (Å²) in [4.78, 5) is 32.2. The summed E-state index contributed by atoms with van der Waals surface area (Å²) < 4.78 is 0. The molecule has 25 heavy (non-hydrogen) atoms. The molecule has 3 heterocycles. The molecule has 1 aromatic carbocycles. The molecule has 130 valence electrons. The smallest absolute Gasteiger partial charge is 0.257 e. The third kappa shape index (κ3) is 3.29. The summed E-state index contributed by atoms with van der Waals surface area (Å²) in [5.74, 6) is -0.127. The Morgan fingerprint density at radius 2 is 2.24 bits per heavy atom. The first-order valence-corrected chi connectivity index (χ1v) is 9.39. The molecule has 2 N–H and O–H groups in total. The van der Waals surface area contributed by atoms with Crippen molar-refractivity contribution >= 4 is 34.0 Å². The zero-order valence-electron chi connectivity index (χ0n) is 14.1. The number of likely N-dealkylation sites (N-methyl/N-ethyl adjacent to an activating group) is 1. The van der Waals surface area contributed by atoms with Gasteiger partial charge >= 0.3 is 0 Å². The molecular weight excluding hydrogens is 336 g/mol. The number of hydrogen-bond acceptors (Lipinski definition) is 5. The molecule has 2 amide bonds. The molecule has 0 saturated carbocycles. The highest BCUT2D eigenvalue weighted by Crippen LogP contribution is 2.29. The summed E-state index contributed by atoms with van der Waals surface area (Å²) >= 11 is 1.56. The topological polar surface area (TPSA) is 74.3 Å². The second-order valence-electron chi connectivity index (χ2n) is 6.38. The predicted octanol–water partition coefficient (Wildman–Crippen LogP) is 2.66. The average Bonchev–Trinajstić information content (AvgIpc) is 3.02. The van der Waals surface area contributed by atoms with E-state index in [2.05, 4.69) is 27.4 Å². The van der Waals surface area contributed by atoms with Gasteiger partial charge in [0.15, 0.2) is 5.13 Å². The van der Waals surface area contributed by atoms with Crippen LogP contribution in [0.5, 0.6) is 0 Å². The zero-order chi connectivity index (χ0) is 17.4. The maximum absolute atomic E-state index is 12.6. The first kappa shape index (κ1) is 16.2. The number of carbonyl (C=O) groups is 2. The Bertz CT molecular complexity index is 846. The molecule has 0 fully saturated rings. The Morgan fingerprint density at radius 3 is 3.08 bits per heavy atom. The number of nitrogens with one attached hydrogen (secondary N) is 2. The van der Waals surface area contributed by atoms with E-state index in [9.17, 15) is 9.59 Å². The van der Waals surface area contributed by atoms with E-state index < -0.39 is 0 Å². The highest BCUT2D eigenvalue weighted by atomic mass is 32.1. The van der Waals surface area contributed by atoms with Gasteiger partial charge in [-0.25, -0.2) is 4.98 Å². The van der Waals surface area contributed by atoms with E-state index in [-0.39, 0.29) is 11.8 Å². The Balaban J connectivity index is 1.49.